The normalized spacial score (nSPS) is 19.2. The highest BCUT2D eigenvalue weighted by Crippen LogP contribution is 2.35. The van der Waals surface area contributed by atoms with Crippen LogP contribution >= 0.6 is 21.6 Å². The van der Waals surface area contributed by atoms with E-state index in [4.69, 9.17) is 0 Å². The molecule has 1 heterocycles. The van der Waals surface area contributed by atoms with Crippen molar-refractivity contribution in [1.29, 1.82) is 0 Å². The van der Waals surface area contributed by atoms with E-state index in [1.807, 2.05) is 21.6 Å². The third-order valence-electron chi connectivity index (χ3n) is 2.93. The zero-order chi connectivity index (χ0) is 8.32. The van der Waals surface area contributed by atoms with Crippen molar-refractivity contribution in [3.63, 3.8) is 0 Å². The van der Waals surface area contributed by atoms with Crippen LogP contribution in [-0.2, 0) is 0 Å². The number of hydrogen-bond donors (Lipinski definition) is 0. The van der Waals surface area contributed by atoms with Crippen LogP contribution in [0.3, 0.4) is 0 Å². The van der Waals surface area contributed by atoms with Crippen LogP contribution in [0.5, 0.6) is 0 Å². The van der Waals surface area contributed by atoms with Gasteiger partial charge in [0.15, 0.2) is 0 Å². The maximum atomic E-state index is 2.39. The van der Waals surface area contributed by atoms with Crippen molar-refractivity contribution in [2.75, 3.05) is 31.6 Å². The number of hydrogen-bond acceptors (Lipinski definition) is 2. The van der Waals surface area contributed by atoms with Gasteiger partial charge in [0.1, 0.15) is 6.04 Å². The molecular weight excluding hydrogens is 301 g/mol. The smallest absolute Gasteiger partial charge is 0.109 e. The van der Waals surface area contributed by atoms with Gasteiger partial charge in [-0.2, -0.15) is 0 Å². The SMILES string of the molecule is CC[N+](C)(CC)C1CSSC1.[I-]. The Balaban J connectivity index is 0.00000121. The summed E-state index contributed by atoms with van der Waals surface area (Å²) in [5, 5.41) is 0. The highest BCUT2D eigenvalue weighted by atomic mass is 127. The molecule has 0 N–H and O–H groups in total. The lowest BCUT2D eigenvalue weighted by Gasteiger charge is -2.37. The number of halogens is 1. The largest absolute Gasteiger partial charge is 1.00 e. The first-order chi connectivity index (χ1) is 5.23. The third-order valence-corrected chi connectivity index (χ3v) is 5.46. The lowest BCUT2D eigenvalue weighted by Crippen LogP contribution is -3.00. The summed E-state index contributed by atoms with van der Waals surface area (Å²) in [4.78, 5) is 0. The molecule has 1 rings (SSSR count). The van der Waals surface area contributed by atoms with E-state index >= 15 is 0 Å². The molecule has 1 aliphatic rings. The average Bonchev–Trinajstić information content (AvgIpc) is 2.55. The molecule has 0 amide bonds. The van der Waals surface area contributed by atoms with Gasteiger partial charge in [0.25, 0.3) is 0 Å². The minimum Gasteiger partial charge on any atom is -1.00 e. The van der Waals surface area contributed by atoms with E-state index in [-0.39, 0.29) is 24.0 Å². The fourth-order valence-corrected chi connectivity index (χ4v) is 4.53. The van der Waals surface area contributed by atoms with Gasteiger partial charge in [-0.05, 0) is 13.8 Å². The monoisotopic (exact) mass is 319 g/mol. The van der Waals surface area contributed by atoms with Crippen LogP contribution in [0.4, 0.5) is 0 Å². The van der Waals surface area contributed by atoms with Crippen LogP contribution in [0, 0.1) is 0 Å². The summed E-state index contributed by atoms with van der Waals surface area (Å²) in [6.07, 6.45) is 0. The molecule has 0 spiro atoms. The molecular formula is C8H18INS2. The molecule has 1 aliphatic heterocycles. The highest BCUT2D eigenvalue weighted by molar-refractivity contribution is 8.77. The average molecular weight is 319 g/mol. The Kier molecular flexibility index (Phi) is 6.68. The van der Waals surface area contributed by atoms with E-state index in [9.17, 15) is 0 Å². The van der Waals surface area contributed by atoms with E-state index in [2.05, 4.69) is 20.9 Å². The molecule has 1 fully saturated rings. The van der Waals surface area contributed by atoms with Crippen LogP contribution < -0.4 is 24.0 Å². The van der Waals surface area contributed by atoms with E-state index in [1.165, 1.54) is 29.1 Å². The molecule has 0 radical (unpaired) electrons. The predicted octanol–water partition coefficient (Wildman–Crippen LogP) is -0.760. The highest BCUT2D eigenvalue weighted by Gasteiger charge is 2.32. The molecule has 1 saturated heterocycles. The zero-order valence-corrected chi connectivity index (χ0v) is 11.8. The molecule has 1 nitrogen and oxygen atoms in total. The van der Waals surface area contributed by atoms with Crippen molar-refractivity contribution in [1.82, 2.24) is 0 Å². The minimum absolute atomic E-state index is 0. The molecule has 0 saturated carbocycles. The van der Waals surface area contributed by atoms with Gasteiger partial charge < -0.3 is 28.5 Å². The van der Waals surface area contributed by atoms with E-state index < -0.39 is 0 Å². The fraction of sp³-hybridized carbons (Fsp3) is 1.00. The Labute approximate surface area is 101 Å². The first kappa shape index (κ1) is 13.4. The summed E-state index contributed by atoms with van der Waals surface area (Å²) < 4.78 is 1.26. The topological polar surface area (TPSA) is 0 Å². The number of quaternary nitrogens is 1. The van der Waals surface area contributed by atoms with E-state index in [0.29, 0.717) is 0 Å². The predicted molar refractivity (Wildman–Crippen MR) is 56.0 cm³/mol. The summed E-state index contributed by atoms with van der Waals surface area (Å²) in [6.45, 7) is 7.17. The minimum atomic E-state index is 0. The lowest BCUT2D eigenvalue weighted by atomic mass is 10.2. The summed E-state index contributed by atoms with van der Waals surface area (Å²) in [5.41, 5.74) is 0. The van der Waals surface area contributed by atoms with Gasteiger partial charge in [-0.25, -0.2) is 0 Å². The van der Waals surface area contributed by atoms with Crippen molar-refractivity contribution in [2.45, 2.75) is 19.9 Å². The molecule has 0 unspecified atom stereocenters. The first-order valence-corrected chi connectivity index (χ1v) is 6.80. The van der Waals surface area contributed by atoms with Gasteiger partial charge in [0.05, 0.1) is 31.6 Å². The van der Waals surface area contributed by atoms with Gasteiger partial charge in [-0.3, -0.25) is 0 Å². The molecule has 74 valence electrons. The Hall–Kier alpha value is 1.39. The lowest BCUT2D eigenvalue weighted by molar-refractivity contribution is -0.924. The van der Waals surface area contributed by atoms with Crippen molar-refractivity contribution < 1.29 is 28.5 Å². The second-order valence-electron chi connectivity index (χ2n) is 3.33. The van der Waals surface area contributed by atoms with Gasteiger partial charge in [-0.15, -0.1) is 0 Å². The Bertz CT molecular complexity index is 122. The molecule has 0 aromatic rings. The molecule has 0 atom stereocenters. The molecule has 4 heteroatoms. The van der Waals surface area contributed by atoms with E-state index in [0.717, 1.165) is 6.04 Å². The van der Waals surface area contributed by atoms with Crippen molar-refractivity contribution >= 4 is 21.6 Å². The second-order valence-corrected chi connectivity index (χ2v) is 5.89. The van der Waals surface area contributed by atoms with Crippen molar-refractivity contribution in [2.24, 2.45) is 0 Å². The fourth-order valence-electron chi connectivity index (χ4n) is 1.40. The quantitative estimate of drug-likeness (QED) is 0.381. The van der Waals surface area contributed by atoms with Gasteiger partial charge in [0.2, 0.25) is 0 Å². The summed E-state index contributed by atoms with van der Waals surface area (Å²) in [7, 11) is 6.47. The maximum Gasteiger partial charge on any atom is 0.109 e. The maximum absolute atomic E-state index is 2.39. The Morgan fingerprint density at radius 2 is 1.58 bits per heavy atom. The van der Waals surface area contributed by atoms with Crippen LogP contribution in [0.1, 0.15) is 13.8 Å². The molecule has 0 aromatic carbocycles. The van der Waals surface area contributed by atoms with Gasteiger partial charge >= 0.3 is 0 Å². The van der Waals surface area contributed by atoms with Crippen molar-refractivity contribution in [3.05, 3.63) is 0 Å². The molecule has 0 aliphatic carbocycles. The standard InChI is InChI=1S/C8H18NS2.HI/c1-4-9(3,5-2)8-6-10-11-7-8;/h8H,4-7H2,1-3H3;1H/q+1;/p-1. The van der Waals surface area contributed by atoms with Gasteiger partial charge in [-0.1, -0.05) is 21.6 Å². The molecule has 0 aromatic heterocycles. The summed E-state index contributed by atoms with van der Waals surface area (Å²) in [6, 6.07) is 0.903. The summed E-state index contributed by atoms with van der Waals surface area (Å²) >= 11 is 0. The second kappa shape index (κ2) is 5.98. The van der Waals surface area contributed by atoms with Crippen LogP contribution in [0.2, 0.25) is 0 Å². The van der Waals surface area contributed by atoms with Crippen molar-refractivity contribution in [3.8, 4) is 0 Å². The number of rotatable bonds is 3. The van der Waals surface area contributed by atoms with Crippen LogP contribution in [-0.4, -0.2) is 42.2 Å². The first-order valence-electron chi connectivity index (χ1n) is 4.31. The van der Waals surface area contributed by atoms with Crippen LogP contribution in [0.25, 0.3) is 0 Å². The van der Waals surface area contributed by atoms with Crippen LogP contribution in [0.15, 0.2) is 0 Å². The number of nitrogens with zero attached hydrogens (tertiary/aromatic N) is 1. The summed E-state index contributed by atoms with van der Waals surface area (Å²) in [5.74, 6) is 2.70. The third kappa shape index (κ3) is 2.96. The van der Waals surface area contributed by atoms with E-state index in [1.54, 1.807) is 0 Å². The van der Waals surface area contributed by atoms with Gasteiger partial charge in [0, 0.05) is 0 Å². The molecule has 12 heavy (non-hydrogen) atoms. The Morgan fingerprint density at radius 1 is 1.17 bits per heavy atom. The molecule has 0 bridgehead atoms. The Morgan fingerprint density at radius 3 is 1.92 bits per heavy atom. The zero-order valence-electron chi connectivity index (χ0n) is 8.05.